The number of rotatable bonds is 8. The Labute approximate surface area is 188 Å². The molecule has 1 aromatic carbocycles. The molecule has 0 radical (unpaired) electrons. The minimum atomic E-state index is -0.186. The van der Waals surface area contributed by atoms with Crippen molar-refractivity contribution in [3.63, 3.8) is 0 Å². The van der Waals surface area contributed by atoms with Crippen molar-refractivity contribution in [2.45, 2.75) is 71.1 Å². The van der Waals surface area contributed by atoms with Crippen molar-refractivity contribution in [3.05, 3.63) is 66.0 Å². The van der Waals surface area contributed by atoms with E-state index in [2.05, 4.69) is 26.1 Å². The van der Waals surface area contributed by atoms with E-state index in [1.165, 1.54) is 57.8 Å². The first kappa shape index (κ1) is 23.3. The molecule has 0 nitrogen and oxygen atoms in total. The second-order valence-corrected chi connectivity index (χ2v) is 10.1. The standard InChI is InChI=1S/C28H38ClF/c1-20-5-13-25(14-6-20)26-15-10-23(11-16-26)8-9-24-12-17-27(28(30)18-24)22(3)7-4-21(2)19-29/h4,7,12,17-18,20,23,25-26H,2-3,5-6,8-11,13-16,19H2,1H3/b7-4-. The average molecular weight is 429 g/mol. The molecule has 2 fully saturated rings. The molecule has 2 aliphatic carbocycles. The lowest BCUT2D eigenvalue weighted by Crippen LogP contribution is -2.25. The summed E-state index contributed by atoms with van der Waals surface area (Å²) in [7, 11) is 0. The fourth-order valence-electron chi connectivity index (χ4n) is 5.40. The lowest BCUT2D eigenvalue weighted by Gasteiger charge is -2.37. The zero-order chi connectivity index (χ0) is 21.5. The second kappa shape index (κ2) is 11.3. The molecule has 0 saturated heterocycles. The van der Waals surface area contributed by atoms with E-state index in [0.29, 0.717) is 17.0 Å². The van der Waals surface area contributed by atoms with Crippen LogP contribution in [0.25, 0.3) is 5.57 Å². The van der Waals surface area contributed by atoms with Crippen LogP contribution in [-0.2, 0) is 6.42 Å². The molecule has 2 aliphatic rings. The molecular weight excluding hydrogens is 391 g/mol. The number of benzene rings is 1. The topological polar surface area (TPSA) is 0 Å². The van der Waals surface area contributed by atoms with Gasteiger partial charge in [-0.1, -0.05) is 70.0 Å². The van der Waals surface area contributed by atoms with E-state index in [1.54, 1.807) is 18.2 Å². The third-order valence-electron chi connectivity index (χ3n) is 7.53. The lowest BCUT2D eigenvalue weighted by atomic mass is 9.69. The van der Waals surface area contributed by atoms with Gasteiger partial charge in [0.2, 0.25) is 0 Å². The Morgan fingerprint density at radius 1 is 1.00 bits per heavy atom. The van der Waals surface area contributed by atoms with Crippen molar-refractivity contribution < 1.29 is 4.39 Å². The Kier molecular flexibility index (Phi) is 8.81. The van der Waals surface area contributed by atoms with Gasteiger partial charge in [0.1, 0.15) is 5.82 Å². The summed E-state index contributed by atoms with van der Waals surface area (Å²) in [5, 5.41) is 0. The van der Waals surface area contributed by atoms with Crippen molar-refractivity contribution in [1.29, 1.82) is 0 Å². The molecule has 3 rings (SSSR count). The van der Waals surface area contributed by atoms with Gasteiger partial charge in [0.15, 0.2) is 0 Å². The number of alkyl halides is 1. The first-order valence-corrected chi connectivity index (χ1v) is 12.4. The van der Waals surface area contributed by atoms with Crippen LogP contribution in [0, 0.1) is 29.5 Å². The number of allylic oxidation sites excluding steroid dienone is 4. The van der Waals surface area contributed by atoms with E-state index in [9.17, 15) is 4.39 Å². The maximum atomic E-state index is 14.6. The fourth-order valence-corrected chi connectivity index (χ4v) is 5.49. The van der Waals surface area contributed by atoms with Crippen molar-refractivity contribution in [1.82, 2.24) is 0 Å². The third kappa shape index (κ3) is 6.58. The van der Waals surface area contributed by atoms with Crippen molar-refractivity contribution in [2.75, 3.05) is 5.88 Å². The monoisotopic (exact) mass is 428 g/mol. The molecule has 2 saturated carbocycles. The molecule has 0 aromatic heterocycles. The van der Waals surface area contributed by atoms with Gasteiger partial charge >= 0.3 is 0 Å². The highest BCUT2D eigenvalue weighted by Crippen LogP contribution is 2.42. The average Bonchev–Trinajstić information content (AvgIpc) is 2.76. The van der Waals surface area contributed by atoms with Gasteiger partial charge in [-0.05, 0) is 85.0 Å². The van der Waals surface area contributed by atoms with Crippen LogP contribution in [0.3, 0.4) is 0 Å². The first-order valence-electron chi connectivity index (χ1n) is 11.9. The summed E-state index contributed by atoms with van der Waals surface area (Å²) in [5.41, 5.74) is 3.10. The maximum absolute atomic E-state index is 14.6. The predicted molar refractivity (Wildman–Crippen MR) is 129 cm³/mol. The molecule has 0 amide bonds. The highest BCUT2D eigenvalue weighted by atomic mass is 35.5. The normalized spacial score (nSPS) is 27.3. The summed E-state index contributed by atoms with van der Waals surface area (Å²) in [5.74, 6) is 3.90. The van der Waals surface area contributed by atoms with Gasteiger partial charge in [0.05, 0.1) is 0 Å². The molecule has 0 bridgehead atoms. The van der Waals surface area contributed by atoms with Crippen molar-refractivity contribution in [3.8, 4) is 0 Å². The van der Waals surface area contributed by atoms with Crippen LogP contribution < -0.4 is 0 Å². The van der Waals surface area contributed by atoms with Gasteiger partial charge in [0, 0.05) is 11.4 Å². The van der Waals surface area contributed by atoms with E-state index in [0.717, 1.165) is 41.2 Å². The number of aryl methyl sites for hydroxylation is 1. The van der Waals surface area contributed by atoms with Crippen LogP contribution in [0.5, 0.6) is 0 Å². The molecule has 0 spiro atoms. The third-order valence-corrected chi connectivity index (χ3v) is 7.87. The molecule has 2 heteroatoms. The smallest absolute Gasteiger partial charge is 0.131 e. The zero-order valence-electron chi connectivity index (χ0n) is 18.6. The van der Waals surface area contributed by atoms with Crippen LogP contribution in [-0.4, -0.2) is 5.88 Å². The summed E-state index contributed by atoms with van der Waals surface area (Å²) in [4.78, 5) is 0. The minimum absolute atomic E-state index is 0.186. The van der Waals surface area contributed by atoms with Crippen LogP contribution in [0.2, 0.25) is 0 Å². The largest absolute Gasteiger partial charge is 0.206 e. The molecule has 0 unspecified atom stereocenters. The molecule has 30 heavy (non-hydrogen) atoms. The van der Waals surface area contributed by atoms with Gasteiger partial charge in [-0.25, -0.2) is 4.39 Å². The van der Waals surface area contributed by atoms with Crippen LogP contribution in [0.15, 0.2) is 49.1 Å². The first-order chi connectivity index (χ1) is 14.5. The highest BCUT2D eigenvalue weighted by Gasteiger charge is 2.29. The molecular formula is C28H38ClF. The molecule has 0 atom stereocenters. The summed E-state index contributed by atoms with van der Waals surface area (Å²) in [6, 6.07) is 5.62. The molecule has 0 heterocycles. The van der Waals surface area contributed by atoms with Crippen LogP contribution >= 0.6 is 11.6 Å². The van der Waals surface area contributed by atoms with Gasteiger partial charge < -0.3 is 0 Å². The maximum Gasteiger partial charge on any atom is 0.131 e. The Hall–Kier alpha value is -1.34. The summed E-state index contributed by atoms with van der Waals surface area (Å²) in [6.07, 6.45) is 17.1. The Morgan fingerprint density at radius 2 is 1.63 bits per heavy atom. The Morgan fingerprint density at radius 3 is 2.23 bits per heavy atom. The lowest BCUT2D eigenvalue weighted by molar-refractivity contribution is 0.148. The Balaban J connectivity index is 1.45. The van der Waals surface area contributed by atoms with Crippen molar-refractivity contribution in [2.24, 2.45) is 23.7 Å². The van der Waals surface area contributed by atoms with E-state index >= 15 is 0 Å². The van der Waals surface area contributed by atoms with Crippen molar-refractivity contribution >= 4 is 17.2 Å². The van der Waals surface area contributed by atoms with Gasteiger partial charge in [-0.15, -0.1) is 11.6 Å². The van der Waals surface area contributed by atoms with E-state index < -0.39 is 0 Å². The zero-order valence-corrected chi connectivity index (χ0v) is 19.4. The number of hydrogen-bond donors (Lipinski definition) is 0. The second-order valence-electron chi connectivity index (χ2n) is 9.80. The predicted octanol–water partition coefficient (Wildman–Crippen LogP) is 8.76. The summed E-state index contributed by atoms with van der Waals surface area (Å²) >= 11 is 5.73. The number of hydrogen-bond acceptors (Lipinski definition) is 0. The summed E-state index contributed by atoms with van der Waals surface area (Å²) in [6.45, 7) is 10.2. The van der Waals surface area contributed by atoms with Crippen LogP contribution in [0.1, 0.15) is 75.8 Å². The van der Waals surface area contributed by atoms with Gasteiger partial charge in [0.25, 0.3) is 0 Å². The minimum Gasteiger partial charge on any atom is -0.206 e. The quantitative estimate of drug-likeness (QED) is 0.286. The van der Waals surface area contributed by atoms with E-state index in [4.69, 9.17) is 11.6 Å². The molecule has 0 N–H and O–H groups in total. The van der Waals surface area contributed by atoms with E-state index in [-0.39, 0.29) is 5.82 Å². The van der Waals surface area contributed by atoms with Crippen LogP contribution in [0.4, 0.5) is 4.39 Å². The molecule has 0 aliphatic heterocycles. The van der Waals surface area contributed by atoms with E-state index in [1.807, 2.05) is 6.07 Å². The SMILES string of the molecule is C=C(/C=C\C(=C)c1ccc(CCC2CCC(C3CCC(C)CC3)CC2)cc1F)CCl. The van der Waals surface area contributed by atoms with Gasteiger partial charge in [-0.2, -0.15) is 0 Å². The number of halogens is 2. The van der Waals surface area contributed by atoms with Gasteiger partial charge in [-0.3, -0.25) is 0 Å². The Bertz CT molecular complexity index is 746. The molecule has 164 valence electrons. The summed E-state index contributed by atoms with van der Waals surface area (Å²) < 4.78 is 14.6. The highest BCUT2D eigenvalue weighted by molar-refractivity contribution is 6.19. The fraction of sp³-hybridized carbons (Fsp3) is 0.571. The molecule has 1 aromatic rings.